The number of carbonyl (C=O) groups excluding carboxylic acids is 1. The van der Waals surface area contributed by atoms with Crippen LogP contribution in [0.4, 0.5) is 0 Å². The van der Waals surface area contributed by atoms with Gasteiger partial charge in [0.2, 0.25) is 0 Å². The van der Waals surface area contributed by atoms with Crippen LogP contribution in [0, 0.1) is 16.7 Å². The second kappa shape index (κ2) is 5.70. The van der Waals surface area contributed by atoms with E-state index in [-0.39, 0.29) is 11.4 Å². The summed E-state index contributed by atoms with van der Waals surface area (Å²) in [6.07, 6.45) is 1.90. The molecule has 0 radical (unpaired) electrons. The lowest BCUT2D eigenvalue weighted by Gasteiger charge is -2.25. The Bertz CT molecular complexity index is 223. The summed E-state index contributed by atoms with van der Waals surface area (Å²) in [6.45, 7) is 15.2. The van der Waals surface area contributed by atoms with E-state index in [1.807, 2.05) is 20.8 Å². The maximum atomic E-state index is 11.7. The standard InChI is InChI=1S/C14H28O2/c1-8-14(6,7)12(15)16-10-11(2)9-13(3,4)5/h11H,8-10H2,1-7H3. The number of ether oxygens (including phenoxy) is 1. The van der Waals surface area contributed by atoms with Gasteiger partial charge in [-0.05, 0) is 38.0 Å². The van der Waals surface area contributed by atoms with E-state index in [4.69, 9.17) is 4.74 Å². The van der Waals surface area contributed by atoms with Crippen molar-refractivity contribution in [1.82, 2.24) is 0 Å². The van der Waals surface area contributed by atoms with E-state index in [1.165, 1.54) is 0 Å². The molecule has 0 amide bonds. The van der Waals surface area contributed by atoms with E-state index >= 15 is 0 Å². The zero-order valence-corrected chi connectivity index (χ0v) is 12.0. The zero-order chi connectivity index (χ0) is 13.0. The van der Waals surface area contributed by atoms with Gasteiger partial charge in [-0.3, -0.25) is 4.79 Å². The zero-order valence-electron chi connectivity index (χ0n) is 12.0. The van der Waals surface area contributed by atoms with Crippen molar-refractivity contribution in [3.8, 4) is 0 Å². The van der Waals surface area contributed by atoms with Crippen molar-refractivity contribution in [2.24, 2.45) is 16.7 Å². The molecule has 0 aromatic carbocycles. The molecule has 0 rings (SSSR count). The quantitative estimate of drug-likeness (QED) is 0.664. The third-order valence-electron chi connectivity index (χ3n) is 2.90. The Hall–Kier alpha value is -0.530. The highest BCUT2D eigenvalue weighted by atomic mass is 16.5. The molecule has 0 saturated heterocycles. The van der Waals surface area contributed by atoms with Crippen molar-refractivity contribution in [2.75, 3.05) is 6.61 Å². The lowest BCUT2D eigenvalue weighted by Crippen LogP contribution is -2.28. The molecular weight excluding hydrogens is 200 g/mol. The smallest absolute Gasteiger partial charge is 0.311 e. The molecule has 0 aliphatic carbocycles. The third-order valence-corrected chi connectivity index (χ3v) is 2.90. The van der Waals surface area contributed by atoms with Gasteiger partial charge in [-0.2, -0.15) is 0 Å². The minimum Gasteiger partial charge on any atom is -0.465 e. The molecule has 0 N–H and O–H groups in total. The predicted molar refractivity (Wildman–Crippen MR) is 68.3 cm³/mol. The molecule has 96 valence electrons. The Labute approximate surface area is 101 Å². The van der Waals surface area contributed by atoms with Gasteiger partial charge in [0.1, 0.15) is 0 Å². The van der Waals surface area contributed by atoms with Crippen LogP contribution in [0.1, 0.15) is 61.3 Å². The minimum absolute atomic E-state index is 0.0734. The van der Waals surface area contributed by atoms with Crippen LogP contribution in [0.25, 0.3) is 0 Å². The molecule has 0 aromatic rings. The van der Waals surface area contributed by atoms with Crippen molar-refractivity contribution < 1.29 is 9.53 Å². The fourth-order valence-corrected chi connectivity index (χ4v) is 1.66. The summed E-state index contributed by atoms with van der Waals surface area (Å²) < 4.78 is 5.37. The van der Waals surface area contributed by atoms with Gasteiger partial charge in [0, 0.05) is 0 Å². The molecule has 2 nitrogen and oxygen atoms in total. The Morgan fingerprint density at radius 2 is 1.69 bits per heavy atom. The first kappa shape index (κ1) is 15.5. The topological polar surface area (TPSA) is 26.3 Å². The van der Waals surface area contributed by atoms with E-state index in [0.29, 0.717) is 17.9 Å². The molecule has 0 spiro atoms. The first-order chi connectivity index (χ1) is 7.08. The van der Waals surface area contributed by atoms with Crippen LogP contribution in [0.15, 0.2) is 0 Å². The molecule has 1 unspecified atom stereocenters. The monoisotopic (exact) mass is 228 g/mol. The van der Waals surface area contributed by atoms with E-state index in [9.17, 15) is 4.79 Å². The summed E-state index contributed by atoms with van der Waals surface area (Å²) in [5, 5.41) is 0. The molecule has 0 aliphatic rings. The highest BCUT2D eigenvalue weighted by Gasteiger charge is 2.27. The Balaban J connectivity index is 4.02. The molecule has 16 heavy (non-hydrogen) atoms. The first-order valence-electron chi connectivity index (χ1n) is 6.25. The molecule has 0 heterocycles. The molecule has 2 heteroatoms. The van der Waals surface area contributed by atoms with E-state index in [2.05, 4.69) is 27.7 Å². The highest BCUT2D eigenvalue weighted by molar-refractivity contribution is 5.75. The summed E-state index contributed by atoms with van der Waals surface area (Å²) in [4.78, 5) is 11.7. The average Bonchev–Trinajstić information content (AvgIpc) is 2.11. The van der Waals surface area contributed by atoms with Crippen LogP contribution in [-0.4, -0.2) is 12.6 Å². The number of esters is 1. The summed E-state index contributed by atoms with van der Waals surface area (Å²) in [6, 6.07) is 0. The van der Waals surface area contributed by atoms with Gasteiger partial charge in [0.25, 0.3) is 0 Å². The van der Waals surface area contributed by atoms with Gasteiger partial charge in [-0.15, -0.1) is 0 Å². The maximum Gasteiger partial charge on any atom is 0.311 e. The SMILES string of the molecule is CCC(C)(C)C(=O)OCC(C)CC(C)(C)C. The van der Waals surface area contributed by atoms with Crippen LogP contribution < -0.4 is 0 Å². The molecule has 0 bridgehead atoms. The fraction of sp³-hybridized carbons (Fsp3) is 0.929. The fourth-order valence-electron chi connectivity index (χ4n) is 1.66. The molecule has 1 atom stereocenters. The van der Waals surface area contributed by atoms with E-state index < -0.39 is 0 Å². The molecule has 0 aromatic heterocycles. The van der Waals surface area contributed by atoms with E-state index in [1.54, 1.807) is 0 Å². The van der Waals surface area contributed by atoms with Gasteiger partial charge in [0.05, 0.1) is 12.0 Å². The van der Waals surface area contributed by atoms with Crippen molar-refractivity contribution >= 4 is 5.97 Å². The van der Waals surface area contributed by atoms with Crippen LogP contribution in [0.5, 0.6) is 0 Å². The number of hydrogen-bond acceptors (Lipinski definition) is 2. The minimum atomic E-state index is -0.346. The molecular formula is C14H28O2. The lowest BCUT2D eigenvalue weighted by molar-refractivity contribution is -0.155. The number of carbonyl (C=O) groups is 1. The van der Waals surface area contributed by atoms with Gasteiger partial charge in [0.15, 0.2) is 0 Å². The highest BCUT2D eigenvalue weighted by Crippen LogP contribution is 2.26. The summed E-state index contributed by atoms with van der Waals surface area (Å²) in [5.41, 5.74) is -0.0481. The van der Waals surface area contributed by atoms with Crippen LogP contribution in [0.2, 0.25) is 0 Å². The second-order valence-electron chi connectivity index (χ2n) is 6.71. The van der Waals surface area contributed by atoms with Gasteiger partial charge >= 0.3 is 5.97 Å². The van der Waals surface area contributed by atoms with Gasteiger partial charge in [-0.25, -0.2) is 0 Å². The van der Waals surface area contributed by atoms with Crippen LogP contribution in [-0.2, 0) is 9.53 Å². The van der Waals surface area contributed by atoms with Crippen LogP contribution in [0.3, 0.4) is 0 Å². The van der Waals surface area contributed by atoms with Gasteiger partial charge in [-0.1, -0.05) is 34.6 Å². The maximum absolute atomic E-state index is 11.7. The number of rotatable bonds is 5. The summed E-state index contributed by atoms with van der Waals surface area (Å²) >= 11 is 0. The first-order valence-corrected chi connectivity index (χ1v) is 6.25. The van der Waals surface area contributed by atoms with Gasteiger partial charge < -0.3 is 4.74 Å². The van der Waals surface area contributed by atoms with Crippen molar-refractivity contribution in [3.63, 3.8) is 0 Å². The largest absolute Gasteiger partial charge is 0.465 e. The summed E-state index contributed by atoms with van der Waals surface area (Å²) in [5.74, 6) is 0.354. The van der Waals surface area contributed by atoms with Crippen molar-refractivity contribution in [2.45, 2.75) is 61.3 Å². The third kappa shape index (κ3) is 6.14. The second-order valence-corrected chi connectivity index (χ2v) is 6.71. The Morgan fingerprint density at radius 3 is 2.06 bits per heavy atom. The number of hydrogen-bond donors (Lipinski definition) is 0. The lowest BCUT2D eigenvalue weighted by atomic mass is 9.86. The molecule has 0 saturated carbocycles. The van der Waals surface area contributed by atoms with Crippen LogP contribution >= 0.6 is 0 Å². The van der Waals surface area contributed by atoms with Crippen molar-refractivity contribution in [3.05, 3.63) is 0 Å². The summed E-state index contributed by atoms with van der Waals surface area (Å²) in [7, 11) is 0. The predicted octanol–water partition coefficient (Wildman–Crippen LogP) is 4.04. The normalized spacial score (nSPS) is 14.7. The molecule has 0 aliphatic heterocycles. The average molecular weight is 228 g/mol. The molecule has 0 fully saturated rings. The van der Waals surface area contributed by atoms with E-state index in [0.717, 1.165) is 12.8 Å². The Kier molecular flexibility index (Phi) is 5.51. The Morgan fingerprint density at radius 1 is 1.19 bits per heavy atom. The van der Waals surface area contributed by atoms with Crippen molar-refractivity contribution in [1.29, 1.82) is 0 Å².